The molecule has 6 nitrogen and oxygen atoms in total. The summed E-state index contributed by atoms with van der Waals surface area (Å²) >= 11 is 1.41. The average Bonchev–Trinajstić information content (AvgIpc) is 3.26. The summed E-state index contributed by atoms with van der Waals surface area (Å²) in [6, 6.07) is 27.3. The molecule has 0 spiro atoms. The van der Waals surface area contributed by atoms with Gasteiger partial charge in [0.15, 0.2) is 11.0 Å². The Morgan fingerprint density at radius 2 is 1.52 bits per heavy atom. The fourth-order valence-electron chi connectivity index (χ4n) is 3.63. The highest BCUT2D eigenvalue weighted by Crippen LogP contribution is 2.28. The first-order chi connectivity index (χ1) is 16.1. The van der Waals surface area contributed by atoms with Gasteiger partial charge in [-0.1, -0.05) is 72.4 Å². The summed E-state index contributed by atoms with van der Waals surface area (Å²) in [7, 11) is 0. The Morgan fingerprint density at radius 1 is 0.939 bits per heavy atom. The molecule has 0 saturated carbocycles. The Bertz CT molecular complexity index is 1150. The third kappa shape index (κ3) is 5.26. The molecule has 0 saturated heterocycles. The molecule has 0 unspecified atom stereocenters. The minimum absolute atomic E-state index is 0.0580. The summed E-state index contributed by atoms with van der Waals surface area (Å²) in [5, 5.41) is 12.3. The topological polar surface area (TPSA) is 85.8 Å². The van der Waals surface area contributed by atoms with Crippen molar-refractivity contribution in [3.05, 3.63) is 96.1 Å². The summed E-state index contributed by atoms with van der Waals surface area (Å²) < 4.78 is 2.02. The highest BCUT2D eigenvalue weighted by Gasteiger charge is 2.24. The Balaban J connectivity index is 1.53. The lowest BCUT2D eigenvalue weighted by Gasteiger charge is -2.22. The first kappa shape index (κ1) is 22.6. The van der Waals surface area contributed by atoms with Crippen molar-refractivity contribution >= 4 is 23.4 Å². The van der Waals surface area contributed by atoms with E-state index in [-0.39, 0.29) is 17.2 Å². The number of thioether (sulfide) groups is 1. The van der Waals surface area contributed by atoms with Crippen molar-refractivity contribution < 1.29 is 4.79 Å². The van der Waals surface area contributed by atoms with E-state index in [0.29, 0.717) is 17.4 Å². The number of rotatable bonds is 8. The zero-order valence-electron chi connectivity index (χ0n) is 18.7. The molecule has 4 rings (SSSR count). The molecule has 168 valence electrons. The van der Waals surface area contributed by atoms with E-state index in [1.807, 2.05) is 103 Å². The van der Waals surface area contributed by atoms with Gasteiger partial charge in [-0.15, -0.1) is 10.2 Å². The van der Waals surface area contributed by atoms with Crippen LogP contribution in [-0.2, 0) is 11.3 Å². The van der Waals surface area contributed by atoms with Gasteiger partial charge in [-0.3, -0.25) is 4.79 Å². The Kier molecular flexibility index (Phi) is 7.10. The number of aromatic nitrogens is 3. The van der Waals surface area contributed by atoms with Crippen molar-refractivity contribution in [1.82, 2.24) is 20.1 Å². The van der Waals surface area contributed by atoms with Crippen molar-refractivity contribution in [2.24, 2.45) is 0 Å². The highest BCUT2D eigenvalue weighted by atomic mass is 32.2. The van der Waals surface area contributed by atoms with E-state index in [1.54, 1.807) is 0 Å². The second kappa shape index (κ2) is 10.4. The molecule has 1 atom stereocenters. The number of nitrogens with one attached hydrogen (secondary N) is 1. The van der Waals surface area contributed by atoms with Crippen LogP contribution in [0.25, 0.3) is 11.4 Å². The van der Waals surface area contributed by atoms with Gasteiger partial charge in [0.1, 0.15) is 0 Å². The molecule has 0 radical (unpaired) electrons. The van der Waals surface area contributed by atoms with Gasteiger partial charge in [0, 0.05) is 17.8 Å². The molecular weight excluding hydrogens is 430 g/mol. The van der Waals surface area contributed by atoms with Gasteiger partial charge in [0.25, 0.3) is 0 Å². The van der Waals surface area contributed by atoms with E-state index in [1.165, 1.54) is 11.8 Å². The van der Waals surface area contributed by atoms with Crippen molar-refractivity contribution in [3.8, 4) is 11.4 Å². The molecule has 1 amide bonds. The lowest BCUT2D eigenvalue weighted by molar-refractivity contribution is -0.120. The molecule has 0 bridgehead atoms. The van der Waals surface area contributed by atoms with Crippen LogP contribution in [0, 0.1) is 0 Å². The molecule has 1 heterocycles. The maximum Gasteiger partial charge on any atom is 0.234 e. The Labute approximate surface area is 198 Å². The van der Waals surface area contributed by atoms with Crippen LogP contribution in [0.2, 0.25) is 0 Å². The Hall–Kier alpha value is -3.58. The van der Waals surface area contributed by atoms with Crippen LogP contribution in [-0.4, -0.2) is 25.9 Å². The van der Waals surface area contributed by atoms with Crippen LogP contribution in [0.4, 0.5) is 5.69 Å². The van der Waals surface area contributed by atoms with Crippen LogP contribution in [0.3, 0.4) is 0 Å². The number of hydrogen-bond acceptors (Lipinski definition) is 5. The molecule has 4 aromatic rings. The number of nitrogens with two attached hydrogens (primary N) is 1. The highest BCUT2D eigenvalue weighted by molar-refractivity contribution is 8.00. The predicted octanol–water partition coefficient (Wildman–Crippen LogP) is 4.93. The summed E-state index contributed by atoms with van der Waals surface area (Å²) in [5.74, 6) is 0.705. The first-order valence-corrected chi connectivity index (χ1v) is 11.8. The summed E-state index contributed by atoms with van der Waals surface area (Å²) in [6.45, 7) is 4.63. The largest absolute Gasteiger partial charge is 0.399 e. The fourth-order valence-corrected chi connectivity index (χ4v) is 4.55. The lowest BCUT2D eigenvalue weighted by atomic mass is 9.98. The number of nitrogens with zero attached hydrogens (tertiary/aromatic N) is 3. The molecule has 1 aromatic heterocycles. The fraction of sp³-hybridized carbons (Fsp3) is 0.192. The first-order valence-electron chi connectivity index (χ1n) is 10.9. The Morgan fingerprint density at radius 3 is 2.06 bits per heavy atom. The molecule has 0 aliphatic rings. The molecule has 0 aliphatic carbocycles. The summed E-state index contributed by atoms with van der Waals surface area (Å²) in [4.78, 5) is 13.2. The number of carbonyl (C=O) groups excluding carboxylic acids is 1. The van der Waals surface area contributed by atoms with Gasteiger partial charge in [-0.25, -0.2) is 0 Å². The second-order valence-corrected chi connectivity index (χ2v) is 9.00. The van der Waals surface area contributed by atoms with Crippen LogP contribution in [0.5, 0.6) is 0 Å². The average molecular weight is 458 g/mol. The monoisotopic (exact) mass is 457 g/mol. The minimum Gasteiger partial charge on any atom is -0.399 e. The van der Waals surface area contributed by atoms with E-state index in [0.717, 1.165) is 22.5 Å². The minimum atomic E-state index is -0.353. The number of nitrogen functional groups attached to an aromatic ring is 1. The summed E-state index contributed by atoms with van der Waals surface area (Å²) in [5.41, 5.74) is 9.53. The maximum absolute atomic E-state index is 13.2. The molecule has 7 heteroatoms. The van der Waals surface area contributed by atoms with Crippen molar-refractivity contribution in [2.45, 2.75) is 36.8 Å². The van der Waals surface area contributed by atoms with Gasteiger partial charge in [-0.05, 0) is 49.2 Å². The number of amides is 1. The van der Waals surface area contributed by atoms with E-state index in [9.17, 15) is 4.79 Å². The SMILES string of the molecule is CCn1c(S[C@@H](C)C(=O)NC(c2ccccc2)c2ccccc2)nnc1-c1ccc(N)cc1. The van der Waals surface area contributed by atoms with Gasteiger partial charge < -0.3 is 15.6 Å². The van der Waals surface area contributed by atoms with Gasteiger partial charge in [0.2, 0.25) is 5.91 Å². The van der Waals surface area contributed by atoms with E-state index in [4.69, 9.17) is 5.73 Å². The van der Waals surface area contributed by atoms with E-state index in [2.05, 4.69) is 15.5 Å². The van der Waals surface area contributed by atoms with Crippen LogP contribution < -0.4 is 11.1 Å². The van der Waals surface area contributed by atoms with Gasteiger partial charge in [0.05, 0.1) is 11.3 Å². The van der Waals surface area contributed by atoms with Crippen LogP contribution >= 0.6 is 11.8 Å². The number of hydrogen-bond donors (Lipinski definition) is 2. The number of anilines is 1. The molecule has 33 heavy (non-hydrogen) atoms. The molecule has 3 N–H and O–H groups in total. The molecule has 0 fully saturated rings. The smallest absolute Gasteiger partial charge is 0.234 e. The van der Waals surface area contributed by atoms with Crippen molar-refractivity contribution in [1.29, 1.82) is 0 Å². The molecular formula is C26H27N5OS. The third-order valence-electron chi connectivity index (χ3n) is 5.41. The quantitative estimate of drug-likeness (QED) is 0.289. The van der Waals surface area contributed by atoms with Crippen molar-refractivity contribution in [3.63, 3.8) is 0 Å². The van der Waals surface area contributed by atoms with E-state index >= 15 is 0 Å². The van der Waals surface area contributed by atoms with E-state index < -0.39 is 0 Å². The van der Waals surface area contributed by atoms with Gasteiger partial charge >= 0.3 is 0 Å². The molecule has 0 aliphatic heterocycles. The number of carbonyl (C=O) groups is 1. The predicted molar refractivity (Wildman–Crippen MR) is 134 cm³/mol. The third-order valence-corrected chi connectivity index (χ3v) is 6.49. The zero-order chi connectivity index (χ0) is 23.2. The maximum atomic E-state index is 13.2. The zero-order valence-corrected chi connectivity index (χ0v) is 19.5. The molecule has 3 aromatic carbocycles. The van der Waals surface area contributed by atoms with Crippen molar-refractivity contribution in [2.75, 3.05) is 5.73 Å². The standard InChI is InChI=1S/C26H27N5OS/c1-3-31-24(21-14-16-22(27)17-15-21)29-30-26(31)33-18(2)25(32)28-23(19-10-6-4-7-11-19)20-12-8-5-9-13-20/h4-18,23H,3,27H2,1-2H3,(H,28,32)/t18-/m0/s1. The number of benzene rings is 3. The summed E-state index contributed by atoms with van der Waals surface area (Å²) in [6.07, 6.45) is 0. The van der Waals surface area contributed by atoms with Gasteiger partial charge in [-0.2, -0.15) is 0 Å². The normalized spacial score (nSPS) is 12.0. The van der Waals surface area contributed by atoms with Crippen LogP contribution in [0.1, 0.15) is 31.0 Å². The van der Waals surface area contributed by atoms with Crippen LogP contribution in [0.15, 0.2) is 90.1 Å². The lowest BCUT2D eigenvalue weighted by Crippen LogP contribution is -2.35. The second-order valence-electron chi connectivity index (χ2n) is 7.70.